The zero-order chi connectivity index (χ0) is 13.1. The summed E-state index contributed by atoms with van der Waals surface area (Å²) in [6.45, 7) is 1.67. The van der Waals surface area contributed by atoms with Crippen molar-refractivity contribution < 1.29 is 10.0 Å². The van der Waals surface area contributed by atoms with Crippen LogP contribution in [-0.4, -0.2) is 29.7 Å². The first kappa shape index (κ1) is 13.1. The van der Waals surface area contributed by atoms with E-state index in [4.69, 9.17) is 16.7 Å². The highest BCUT2D eigenvalue weighted by Crippen LogP contribution is 2.37. The van der Waals surface area contributed by atoms with E-state index in [0.717, 1.165) is 25.9 Å². The van der Waals surface area contributed by atoms with Crippen molar-refractivity contribution in [3.63, 3.8) is 0 Å². The maximum Gasteiger partial charge on any atom is 0.310 e. The molecule has 1 N–H and O–H groups in total. The number of halogens is 1. The molecule has 1 fully saturated rings. The molecule has 0 aliphatic carbocycles. The van der Waals surface area contributed by atoms with E-state index >= 15 is 0 Å². The normalized spacial score (nSPS) is 19.2. The summed E-state index contributed by atoms with van der Waals surface area (Å²) in [5.74, 6) is 0.397. The van der Waals surface area contributed by atoms with Crippen LogP contribution in [-0.2, 0) is 0 Å². The van der Waals surface area contributed by atoms with E-state index in [0.29, 0.717) is 11.6 Å². The fourth-order valence-electron chi connectivity index (χ4n) is 2.41. The van der Waals surface area contributed by atoms with Gasteiger partial charge in [-0.05, 0) is 30.9 Å². The average molecular weight is 271 g/mol. The average Bonchev–Trinajstić information content (AvgIpc) is 2.77. The number of nitro benzene ring substituents is 1. The van der Waals surface area contributed by atoms with Crippen LogP contribution in [0.25, 0.3) is 0 Å². The van der Waals surface area contributed by atoms with Crippen LogP contribution in [0.5, 0.6) is 0 Å². The molecule has 0 amide bonds. The Morgan fingerprint density at radius 1 is 1.56 bits per heavy atom. The Bertz CT molecular complexity index is 453. The first-order valence-corrected chi connectivity index (χ1v) is 6.30. The van der Waals surface area contributed by atoms with Gasteiger partial charge in [0.2, 0.25) is 0 Å². The van der Waals surface area contributed by atoms with Crippen LogP contribution in [0.4, 0.5) is 11.4 Å². The Morgan fingerprint density at radius 3 is 3.00 bits per heavy atom. The standard InChI is InChI=1S/C12H15ClN2O3/c13-10-2-1-3-11(12(10)15(17)18)14-6-4-9(8-14)5-7-16/h1-3,9,16H,4-8H2. The van der Waals surface area contributed by atoms with E-state index in [-0.39, 0.29) is 17.3 Å². The number of nitrogens with zero attached hydrogens (tertiary/aromatic N) is 2. The van der Waals surface area contributed by atoms with Crippen molar-refractivity contribution in [2.24, 2.45) is 5.92 Å². The smallest absolute Gasteiger partial charge is 0.310 e. The summed E-state index contributed by atoms with van der Waals surface area (Å²) >= 11 is 5.89. The SMILES string of the molecule is O=[N+]([O-])c1c(Cl)cccc1N1CCC(CCO)C1. The van der Waals surface area contributed by atoms with Gasteiger partial charge in [0, 0.05) is 19.7 Å². The molecule has 98 valence electrons. The molecule has 1 aliphatic rings. The van der Waals surface area contributed by atoms with Gasteiger partial charge in [-0.15, -0.1) is 0 Å². The van der Waals surface area contributed by atoms with E-state index in [1.807, 2.05) is 4.90 Å². The predicted molar refractivity (Wildman–Crippen MR) is 70.1 cm³/mol. The van der Waals surface area contributed by atoms with Gasteiger partial charge in [0.15, 0.2) is 0 Å². The molecule has 0 spiro atoms. The Kier molecular flexibility index (Phi) is 4.04. The number of hydrogen-bond donors (Lipinski definition) is 1. The Morgan fingerprint density at radius 2 is 2.33 bits per heavy atom. The number of hydrogen-bond acceptors (Lipinski definition) is 4. The summed E-state index contributed by atoms with van der Waals surface area (Å²) in [5, 5.41) is 20.2. The highest BCUT2D eigenvalue weighted by molar-refractivity contribution is 6.33. The van der Waals surface area contributed by atoms with Crippen molar-refractivity contribution in [1.29, 1.82) is 0 Å². The number of rotatable bonds is 4. The molecule has 2 rings (SSSR count). The molecule has 1 saturated heterocycles. The topological polar surface area (TPSA) is 66.6 Å². The third-order valence-corrected chi connectivity index (χ3v) is 3.62. The van der Waals surface area contributed by atoms with Crippen molar-refractivity contribution in [3.05, 3.63) is 33.3 Å². The first-order valence-electron chi connectivity index (χ1n) is 5.92. The minimum absolute atomic E-state index is 0.0242. The molecule has 0 aromatic heterocycles. The number of para-hydroxylation sites is 1. The fourth-order valence-corrected chi connectivity index (χ4v) is 2.65. The molecule has 0 bridgehead atoms. The lowest BCUT2D eigenvalue weighted by Crippen LogP contribution is -2.21. The highest BCUT2D eigenvalue weighted by atomic mass is 35.5. The van der Waals surface area contributed by atoms with Gasteiger partial charge in [0.05, 0.1) is 4.92 Å². The van der Waals surface area contributed by atoms with E-state index < -0.39 is 4.92 Å². The van der Waals surface area contributed by atoms with Crippen molar-refractivity contribution in [1.82, 2.24) is 0 Å². The first-order chi connectivity index (χ1) is 8.63. The van der Waals surface area contributed by atoms with Gasteiger partial charge in [-0.2, -0.15) is 0 Å². The number of anilines is 1. The van der Waals surface area contributed by atoms with Crippen molar-refractivity contribution in [3.8, 4) is 0 Å². The highest BCUT2D eigenvalue weighted by Gasteiger charge is 2.28. The maximum absolute atomic E-state index is 11.1. The molecule has 6 heteroatoms. The van der Waals surface area contributed by atoms with Crippen LogP contribution in [0, 0.1) is 16.0 Å². The van der Waals surface area contributed by atoms with Crippen LogP contribution in [0.3, 0.4) is 0 Å². The lowest BCUT2D eigenvalue weighted by atomic mass is 10.1. The molecule has 1 aromatic rings. The van der Waals surface area contributed by atoms with Gasteiger partial charge in [0.25, 0.3) is 0 Å². The third-order valence-electron chi connectivity index (χ3n) is 3.31. The van der Waals surface area contributed by atoms with Crippen molar-refractivity contribution in [2.45, 2.75) is 12.8 Å². The van der Waals surface area contributed by atoms with Crippen molar-refractivity contribution >= 4 is 23.0 Å². The third kappa shape index (κ3) is 2.57. The molecule has 0 radical (unpaired) electrons. The lowest BCUT2D eigenvalue weighted by Gasteiger charge is -2.18. The van der Waals surface area contributed by atoms with E-state index in [1.54, 1.807) is 12.1 Å². The molecule has 1 aromatic carbocycles. The van der Waals surface area contributed by atoms with Crippen molar-refractivity contribution in [2.75, 3.05) is 24.6 Å². The molecule has 1 unspecified atom stereocenters. The van der Waals surface area contributed by atoms with Crippen LogP contribution in [0.2, 0.25) is 5.02 Å². The molecule has 18 heavy (non-hydrogen) atoms. The second kappa shape index (κ2) is 5.54. The Balaban J connectivity index is 2.24. The molecule has 1 aliphatic heterocycles. The molecular formula is C12H15ClN2O3. The van der Waals surface area contributed by atoms with Crippen LogP contribution >= 0.6 is 11.6 Å². The number of benzene rings is 1. The van der Waals surface area contributed by atoms with E-state index in [1.165, 1.54) is 6.07 Å². The summed E-state index contributed by atoms with van der Waals surface area (Å²) < 4.78 is 0. The quantitative estimate of drug-likeness (QED) is 0.674. The fraction of sp³-hybridized carbons (Fsp3) is 0.500. The van der Waals surface area contributed by atoms with Gasteiger partial charge in [-0.3, -0.25) is 10.1 Å². The second-order valence-corrected chi connectivity index (χ2v) is 4.88. The summed E-state index contributed by atoms with van der Waals surface area (Å²) in [7, 11) is 0. The Labute approximate surface area is 110 Å². The minimum atomic E-state index is -0.433. The zero-order valence-corrected chi connectivity index (χ0v) is 10.6. The summed E-state index contributed by atoms with van der Waals surface area (Å²) in [5.41, 5.74) is 0.553. The maximum atomic E-state index is 11.1. The minimum Gasteiger partial charge on any atom is -0.396 e. The zero-order valence-electron chi connectivity index (χ0n) is 9.88. The van der Waals surface area contributed by atoms with Gasteiger partial charge in [-0.25, -0.2) is 0 Å². The van der Waals surface area contributed by atoms with Gasteiger partial charge in [0.1, 0.15) is 10.7 Å². The van der Waals surface area contributed by atoms with Crippen LogP contribution < -0.4 is 4.90 Å². The van der Waals surface area contributed by atoms with Gasteiger partial charge in [-0.1, -0.05) is 17.7 Å². The monoisotopic (exact) mass is 270 g/mol. The molecule has 5 nitrogen and oxygen atoms in total. The summed E-state index contributed by atoms with van der Waals surface area (Å²) in [4.78, 5) is 12.6. The predicted octanol–water partition coefficient (Wildman–Crippen LogP) is 2.46. The van der Waals surface area contributed by atoms with E-state index in [2.05, 4.69) is 0 Å². The molecular weight excluding hydrogens is 256 g/mol. The van der Waals surface area contributed by atoms with E-state index in [9.17, 15) is 10.1 Å². The number of nitro groups is 1. The van der Waals surface area contributed by atoms with Crippen LogP contribution in [0.15, 0.2) is 18.2 Å². The number of aliphatic hydroxyl groups is 1. The summed E-state index contributed by atoms with van der Waals surface area (Å²) in [6.07, 6.45) is 1.69. The van der Waals surface area contributed by atoms with Gasteiger partial charge >= 0.3 is 5.69 Å². The Hall–Kier alpha value is -1.33. The largest absolute Gasteiger partial charge is 0.396 e. The van der Waals surface area contributed by atoms with Crippen LogP contribution in [0.1, 0.15) is 12.8 Å². The lowest BCUT2D eigenvalue weighted by molar-refractivity contribution is -0.384. The van der Waals surface area contributed by atoms with Gasteiger partial charge < -0.3 is 10.0 Å². The summed E-state index contributed by atoms with van der Waals surface area (Å²) in [6, 6.07) is 4.99. The number of aliphatic hydroxyl groups excluding tert-OH is 1. The second-order valence-electron chi connectivity index (χ2n) is 4.48. The molecule has 1 atom stereocenters. The molecule has 1 heterocycles. The molecule has 0 saturated carbocycles.